The highest BCUT2D eigenvalue weighted by Gasteiger charge is 2.28. The number of hydrogen-bond acceptors (Lipinski definition) is 3. The highest BCUT2D eigenvalue weighted by Crippen LogP contribution is 2.31. The first-order valence-electron chi connectivity index (χ1n) is 9.16. The van der Waals surface area contributed by atoms with Crippen molar-refractivity contribution in [3.8, 4) is 5.75 Å². The number of nitrogens with one attached hydrogen (secondary N) is 2. The molecule has 2 heterocycles. The van der Waals surface area contributed by atoms with E-state index in [0.717, 1.165) is 22.2 Å². The maximum absolute atomic E-state index is 12.6. The Labute approximate surface area is 162 Å². The number of nitrogens with zero attached hydrogens (tertiary/aromatic N) is 1. The molecule has 1 aromatic carbocycles. The first kappa shape index (κ1) is 18.0. The zero-order valence-corrected chi connectivity index (χ0v) is 15.9. The first-order valence-corrected chi connectivity index (χ1v) is 9.16. The Bertz CT molecular complexity index is 1100. The summed E-state index contributed by atoms with van der Waals surface area (Å²) in [5, 5.41) is 3.77. The largest absolute Gasteiger partial charge is 0.497 e. The fourth-order valence-electron chi connectivity index (χ4n) is 3.54. The minimum absolute atomic E-state index is 0.0206. The molecule has 142 valence electrons. The quantitative estimate of drug-likeness (QED) is 0.861. The van der Waals surface area contributed by atoms with E-state index < -0.39 is 0 Å². The third-order valence-corrected chi connectivity index (χ3v) is 4.98. The summed E-state index contributed by atoms with van der Waals surface area (Å²) < 4.78 is 5.21. The smallest absolute Gasteiger partial charge is 0.293 e. The molecular weight excluding hydrogens is 354 g/mol. The maximum atomic E-state index is 12.6. The van der Waals surface area contributed by atoms with Gasteiger partial charge in [0.15, 0.2) is 0 Å². The third kappa shape index (κ3) is 3.29. The van der Waals surface area contributed by atoms with Gasteiger partial charge in [-0.25, -0.2) is 4.99 Å². The van der Waals surface area contributed by atoms with Crippen molar-refractivity contribution in [2.75, 3.05) is 7.11 Å². The lowest BCUT2D eigenvalue weighted by Gasteiger charge is -2.29. The summed E-state index contributed by atoms with van der Waals surface area (Å²) in [4.78, 5) is 31.9. The van der Waals surface area contributed by atoms with Gasteiger partial charge in [-0.2, -0.15) is 0 Å². The van der Waals surface area contributed by atoms with E-state index in [1.807, 2.05) is 30.4 Å². The molecule has 1 atom stereocenters. The second-order valence-corrected chi connectivity index (χ2v) is 7.20. The van der Waals surface area contributed by atoms with Crippen molar-refractivity contribution in [1.29, 1.82) is 0 Å². The van der Waals surface area contributed by atoms with Crippen LogP contribution in [0.1, 0.15) is 24.3 Å². The highest BCUT2D eigenvalue weighted by atomic mass is 16.5. The van der Waals surface area contributed by atoms with Crippen molar-refractivity contribution in [2.24, 2.45) is 16.8 Å². The van der Waals surface area contributed by atoms with Gasteiger partial charge in [-0.3, -0.25) is 9.59 Å². The van der Waals surface area contributed by atoms with Crippen molar-refractivity contribution in [3.63, 3.8) is 0 Å². The van der Waals surface area contributed by atoms with E-state index in [1.54, 1.807) is 25.3 Å². The molecule has 4 rings (SSSR count). The zero-order valence-electron chi connectivity index (χ0n) is 15.9. The molecule has 0 saturated heterocycles. The van der Waals surface area contributed by atoms with Crippen LogP contribution in [0.15, 0.2) is 64.8 Å². The second kappa shape index (κ2) is 6.96. The molecule has 0 bridgehead atoms. The number of amides is 2. The summed E-state index contributed by atoms with van der Waals surface area (Å²) in [5.41, 5.74) is 3.54. The normalized spacial score (nSPS) is 20.1. The number of aromatic amines is 1. The maximum Gasteiger partial charge on any atom is 0.293 e. The number of hydrogen-bond donors (Lipinski definition) is 2. The summed E-state index contributed by atoms with van der Waals surface area (Å²) >= 11 is 0. The molecular formula is C22H21N3O3. The summed E-state index contributed by atoms with van der Waals surface area (Å²) in [6.45, 7) is 4.13. The molecule has 6 heteroatoms. The molecule has 0 spiro atoms. The van der Waals surface area contributed by atoms with Gasteiger partial charge in [-0.15, -0.1) is 0 Å². The van der Waals surface area contributed by atoms with Crippen LogP contribution in [0.5, 0.6) is 5.75 Å². The Morgan fingerprint density at radius 1 is 1.21 bits per heavy atom. The number of benzene rings is 1. The number of H-pyrrole nitrogens is 1. The molecule has 2 amide bonds. The topological polar surface area (TPSA) is 83.5 Å². The average Bonchev–Trinajstić information content (AvgIpc) is 3.10. The fourth-order valence-corrected chi connectivity index (χ4v) is 3.54. The van der Waals surface area contributed by atoms with Gasteiger partial charge in [-0.1, -0.05) is 19.9 Å². The molecule has 1 aliphatic carbocycles. The Morgan fingerprint density at radius 3 is 2.79 bits per heavy atom. The Balaban J connectivity index is 1.62. The number of ether oxygens (including phenoxy) is 1. The number of allylic oxidation sites excluding steroid dienone is 3. The van der Waals surface area contributed by atoms with Gasteiger partial charge in [0.2, 0.25) is 5.91 Å². The molecule has 1 aliphatic heterocycles. The standard InChI is InChI=1S/C22H21N3O3/c1-12(2)17-11-21(26)25-19-9-14(5-7-16(17)19)23-22(27)20-8-13-4-6-15(28-3)10-18(13)24-20/h4-12,16,24H,1-3H3,(H,25,26). The lowest BCUT2D eigenvalue weighted by atomic mass is 9.82. The van der Waals surface area contributed by atoms with Gasteiger partial charge in [-0.05, 0) is 41.8 Å². The van der Waals surface area contributed by atoms with Crippen LogP contribution in [0.3, 0.4) is 0 Å². The van der Waals surface area contributed by atoms with Gasteiger partial charge in [0.25, 0.3) is 5.91 Å². The summed E-state index contributed by atoms with van der Waals surface area (Å²) in [5.74, 6) is 0.483. The monoisotopic (exact) mass is 375 g/mol. The minimum atomic E-state index is -0.369. The van der Waals surface area contributed by atoms with E-state index in [1.165, 1.54) is 0 Å². The third-order valence-electron chi connectivity index (χ3n) is 4.98. The van der Waals surface area contributed by atoms with Crippen LogP contribution in [0.25, 0.3) is 10.9 Å². The number of aromatic nitrogens is 1. The Morgan fingerprint density at radius 2 is 2.04 bits per heavy atom. The number of fused-ring (bicyclic) bond motifs is 2. The van der Waals surface area contributed by atoms with Crippen molar-refractivity contribution in [3.05, 3.63) is 65.5 Å². The SMILES string of the molecule is COc1ccc2cc(C(=O)N=C3C=CC4C(=C3)NC(=O)C=C4C(C)C)[nH]c2c1. The van der Waals surface area contributed by atoms with Crippen molar-refractivity contribution in [2.45, 2.75) is 13.8 Å². The number of aliphatic imine (C=N–C) groups is 1. The van der Waals surface area contributed by atoms with Crippen LogP contribution in [0, 0.1) is 11.8 Å². The van der Waals surface area contributed by atoms with E-state index >= 15 is 0 Å². The molecule has 2 aliphatic rings. The van der Waals surface area contributed by atoms with E-state index in [0.29, 0.717) is 17.2 Å². The molecule has 1 aromatic heterocycles. The van der Waals surface area contributed by atoms with Gasteiger partial charge < -0.3 is 15.0 Å². The van der Waals surface area contributed by atoms with Crippen LogP contribution in [-0.2, 0) is 4.79 Å². The average molecular weight is 375 g/mol. The van der Waals surface area contributed by atoms with E-state index in [9.17, 15) is 9.59 Å². The molecule has 0 radical (unpaired) electrons. The summed E-state index contributed by atoms with van der Waals surface area (Å²) in [6, 6.07) is 7.34. The highest BCUT2D eigenvalue weighted by molar-refractivity contribution is 6.14. The van der Waals surface area contributed by atoms with E-state index in [4.69, 9.17) is 4.74 Å². The molecule has 28 heavy (non-hydrogen) atoms. The van der Waals surface area contributed by atoms with E-state index in [-0.39, 0.29) is 23.7 Å². The molecule has 6 nitrogen and oxygen atoms in total. The van der Waals surface area contributed by atoms with Crippen LogP contribution in [-0.4, -0.2) is 29.6 Å². The van der Waals surface area contributed by atoms with E-state index in [2.05, 4.69) is 29.1 Å². The summed E-state index contributed by atoms with van der Waals surface area (Å²) in [7, 11) is 1.60. The fraction of sp³-hybridized carbons (Fsp3) is 0.227. The Hall–Kier alpha value is -3.41. The first-order chi connectivity index (χ1) is 13.4. The van der Waals surface area contributed by atoms with Gasteiger partial charge in [0.05, 0.1) is 12.8 Å². The van der Waals surface area contributed by atoms with Crippen molar-refractivity contribution < 1.29 is 14.3 Å². The molecule has 2 N–H and O–H groups in total. The van der Waals surface area contributed by atoms with Gasteiger partial charge in [0.1, 0.15) is 11.4 Å². The lowest BCUT2D eigenvalue weighted by Crippen LogP contribution is -2.34. The van der Waals surface area contributed by atoms with Crippen LogP contribution in [0.4, 0.5) is 0 Å². The van der Waals surface area contributed by atoms with Crippen LogP contribution < -0.4 is 10.1 Å². The predicted molar refractivity (Wildman–Crippen MR) is 108 cm³/mol. The Kier molecular flexibility index (Phi) is 4.47. The van der Waals surface area contributed by atoms with Gasteiger partial charge >= 0.3 is 0 Å². The molecule has 0 saturated carbocycles. The molecule has 2 aromatic rings. The zero-order chi connectivity index (χ0) is 19.8. The number of rotatable bonds is 3. The molecule has 1 unspecified atom stereocenters. The summed E-state index contributed by atoms with van der Waals surface area (Å²) in [6.07, 6.45) is 7.22. The van der Waals surface area contributed by atoms with Gasteiger partial charge in [0, 0.05) is 34.7 Å². The predicted octanol–water partition coefficient (Wildman–Crippen LogP) is 3.54. The van der Waals surface area contributed by atoms with Crippen molar-refractivity contribution >= 4 is 28.4 Å². The van der Waals surface area contributed by atoms with Crippen LogP contribution in [0.2, 0.25) is 0 Å². The number of carbonyl (C=O) groups is 2. The molecule has 0 fully saturated rings. The number of carbonyl (C=O) groups excluding carboxylic acids is 2. The van der Waals surface area contributed by atoms with Crippen LogP contribution >= 0.6 is 0 Å². The second-order valence-electron chi connectivity index (χ2n) is 7.20. The van der Waals surface area contributed by atoms with Crippen molar-refractivity contribution in [1.82, 2.24) is 10.3 Å². The lowest BCUT2D eigenvalue weighted by molar-refractivity contribution is -0.116. The minimum Gasteiger partial charge on any atom is -0.497 e. The number of methoxy groups -OCH3 is 1.